The van der Waals surface area contributed by atoms with Crippen molar-refractivity contribution in [1.82, 2.24) is 4.90 Å². The van der Waals surface area contributed by atoms with E-state index in [0.29, 0.717) is 0 Å². The van der Waals surface area contributed by atoms with Gasteiger partial charge in [0.05, 0.1) is 11.1 Å². The summed E-state index contributed by atoms with van der Waals surface area (Å²) in [6, 6.07) is 5.95. The van der Waals surface area contributed by atoms with Crippen LogP contribution in [0.25, 0.3) is 5.03 Å². The number of rotatable bonds is 2. The first-order valence-corrected chi connectivity index (χ1v) is 7.20. The summed E-state index contributed by atoms with van der Waals surface area (Å²) >= 11 is 6.57. The molecule has 3 rings (SSSR count). The highest BCUT2D eigenvalue weighted by Gasteiger charge is 2.26. The SMILES string of the molecule is C=[N+](C)c1ccc2c(c1)OC1=CC(N(C)C)=CCC1=C2Cl. The third-order valence-electron chi connectivity index (χ3n) is 3.74. The summed E-state index contributed by atoms with van der Waals surface area (Å²) in [6.07, 6.45) is 4.98. The van der Waals surface area contributed by atoms with E-state index in [2.05, 4.69) is 17.7 Å². The highest BCUT2D eigenvalue weighted by Crippen LogP contribution is 2.44. The van der Waals surface area contributed by atoms with Crippen molar-refractivity contribution >= 4 is 29.0 Å². The van der Waals surface area contributed by atoms with Crippen LogP contribution in [0, 0.1) is 0 Å². The van der Waals surface area contributed by atoms with E-state index in [4.69, 9.17) is 16.3 Å². The number of allylic oxidation sites excluding steroid dienone is 3. The number of hydrogen-bond donors (Lipinski definition) is 0. The standard InChI is InChI=1S/C17H18ClN2O/c1-19(2)11-5-7-13-15(9-11)21-16-10-12(20(3)4)6-8-14(16)17(13)18/h5-7,9-10H,1,8H2,2-4H3/q+1. The Morgan fingerprint density at radius 3 is 2.76 bits per heavy atom. The van der Waals surface area contributed by atoms with Crippen molar-refractivity contribution in [3.05, 3.63) is 52.9 Å². The molecule has 3 nitrogen and oxygen atoms in total. The van der Waals surface area contributed by atoms with Crippen molar-refractivity contribution in [2.24, 2.45) is 0 Å². The number of hydrogen-bond acceptors (Lipinski definition) is 2. The quantitative estimate of drug-likeness (QED) is 0.611. The summed E-state index contributed by atoms with van der Waals surface area (Å²) < 4.78 is 7.88. The lowest BCUT2D eigenvalue weighted by Crippen LogP contribution is -2.16. The Balaban J connectivity index is 2.08. The van der Waals surface area contributed by atoms with Gasteiger partial charge in [0.25, 0.3) is 0 Å². The fourth-order valence-corrected chi connectivity index (χ4v) is 2.81. The zero-order chi connectivity index (χ0) is 15.1. The van der Waals surface area contributed by atoms with E-state index in [1.54, 1.807) is 4.58 Å². The van der Waals surface area contributed by atoms with Crippen molar-refractivity contribution in [2.75, 3.05) is 21.1 Å². The van der Waals surface area contributed by atoms with Gasteiger partial charge in [-0.1, -0.05) is 17.7 Å². The van der Waals surface area contributed by atoms with Gasteiger partial charge in [-0.3, -0.25) is 0 Å². The maximum Gasteiger partial charge on any atom is 0.208 e. The average Bonchev–Trinajstić information content (AvgIpc) is 2.46. The van der Waals surface area contributed by atoms with Gasteiger partial charge >= 0.3 is 0 Å². The van der Waals surface area contributed by atoms with Gasteiger partial charge in [-0.05, 0) is 12.5 Å². The third kappa shape index (κ3) is 2.38. The number of likely N-dealkylation sites (N-methyl/N-ethyl adjacent to an activating group) is 1. The van der Waals surface area contributed by atoms with Crippen LogP contribution in [0.2, 0.25) is 0 Å². The van der Waals surface area contributed by atoms with E-state index in [1.165, 1.54) is 0 Å². The van der Waals surface area contributed by atoms with E-state index < -0.39 is 0 Å². The van der Waals surface area contributed by atoms with Gasteiger partial charge < -0.3 is 9.64 Å². The molecule has 0 unspecified atom stereocenters. The van der Waals surface area contributed by atoms with E-state index >= 15 is 0 Å². The molecule has 0 saturated heterocycles. The van der Waals surface area contributed by atoms with Crippen molar-refractivity contribution in [1.29, 1.82) is 0 Å². The Hall–Kier alpha value is -2.00. The first kappa shape index (κ1) is 14.0. The van der Waals surface area contributed by atoms with Gasteiger partial charge in [0.1, 0.15) is 25.3 Å². The van der Waals surface area contributed by atoms with Crippen LogP contribution in [0.5, 0.6) is 5.75 Å². The number of benzene rings is 1. The Morgan fingerprint density at radius 2 is 2.10 bits per heavy atom. The van der Waals surface area contributed by atoms with Crippen molar-refractivity contribution < 1.29 is 9.31 Å². The van der Waals surface area contributed by atoms with Gasteiger partial charge in [-0.2, -0.15) is 0 Å². The molecule has 0 aromatic heterocycles. The Labute approximate surface area is 130 Å². The van der Waals surface area contributed by atoms with Crippen LogP contribution in [0.4, 0.5) is 5.69 Å². The molecule has 0 fully saturated rings. The van der Waals surface area contributed by atoms with E-state index in [0.717, 1.165) is 45.5 Å². The predicted octanol–water partition coefficient (Wildman–Crippen LogP) is 3.74. The summed E-state index contributed by atoms with van der Waals surface area (Å²) in [4.78, 5) is 2.07. The van der Waals surface area contributed by atoms with Gasteiger partial charge in [0.2, 0.25) is 5.69 Å². The van der Waals surface area contributed by atoms with E-state index in [1.807, 2.05) is 45.4 Å². The zero-order valence-corrected chi connectivity index (χ0v) is 13.2. The lowest BCUT2D eigenvalue weighted by Gasteiger charge is -2.27. The molecule has 0 radical (unpaired) electrons. The number of halogens is 1. The Bertz CT molecular complexity index is 726. The second-order valence-corrected chi connectivity index (χ2v) is 5.89. The van der Waals surface area contributed by atoms with Crippen LogP contribution in [-0.4, -0.2) is 37.3 Å². The van der Waals surface area contributed by atoms with Gasteiger partial charge in [-0.15, -0.1) is 0 Å². The van der Waals surface area contributed by atoms with Gasteiger partial charge in [0, 0.05) is 43.1 Å². The van der Waals surface area contributed by atoms with Gasteiger partial charge in [-0.25, -0.2) is 4.58 Å². The monoisotopic (exact) mass is 301 g/mol. The summed E-state index contributed by atoms with van der Waals surface area (Å²) in [7, 11) is 5.94. The topological polar surface area (TPSA) is 15.5 Å². The van der Waals surface area contributed by atoms with E-state index in [-0.39, 0.29) is 0 Å². The van der Waals surface area contributed by atoms with Crippen LogP contribution in [0.3, 0.4) is 0 Å². The normalized spacial score (nSPS) is 16.4. The second-order valence-electron chi connectivity index (χ2n) is 5.51. The zero-order valence-electron chi connectivity index (χ0n) is 12.5. The van der Waals surface area contributed by atoms with Crippen LogP contribution >= 0.6 is 11.6 Å². The maximum atomic E-state index is 6.57. The molecule has 1 aromatic carbocycles. The highest BCUT2D eigenvalue weighted by molar-refractivity contribution is 6.50. The molecular weight excluding hydrogens is 284 g/mol. The third-order valence-corrected chi connectivity index (χ3v) is 4.17. The van der Waals surface area contributed by atoms with Crippen molar-refractivity contribution in [3.63, 3.8) is 0 Å². The molecule has 0 bridgehead atoms. The fraction of sp³-hybridized carbons (Fsp3) is 0.235. The summed E-state index contributed by atoms with van der Waals surface area (Å²) in [5.74, 6) is 1.62. The average molecular weight is 302 g/mol. The minimum Gasteiger partial charge on any atom is -0.456 e. The molecule has 108 valence electrons. The molecule has 0 atom stereocenters. The maximum absolute atomic E-state index is 6.57. The molecule has 2 aliphatic rings. The van der Waals surface area contributed by atoms with Crippen molar-refractivity contribution in [2.45, 2.75) is 6.42 Å². The number of nitrogens with zero attached hydrogens (tertiary/aromatic N) is 2. The van der Waals surface area contributed by atoms with Crippen LogP contribution in [0.1, 0.15) is 12.0 Å². The Kier molecular flexibility index (Phi) is 3.38. The molecule has 0 spiro atoms. The fourth-order valence-electron chi connectivity index (χ4n) is 2.48. The largest absolute Gasteiger partial charge is 0.456 e. The van der Waals surface area contributed by atoms with Crippen molar-refractivity contribution in [3.8, 4) is 5.75 Å². The smallest absolute Gasteiger partial charge is 0.208 e. The minimum atomic E-state index is 0.773. The van der Waals surface area contributed by atoms with Gasteiger partial charge in [0.15, 0.2) is 0 Å². The minimum absolute atomic E-state index is 0.773. The Morgan fingerprint density at radius 1 is 1.33 bits per heavy atom. The molecule has 0 amide bonds. The second kappa shape index (κ2) is 5.08. The van der Waals surface area contributed by atoms with Crippen LogP contribution < -0.4 is 4.74 Å². The molecular formula is C17H18ClN2O+. The first-order valence-electron chi connectivity index (χ1n) is 6.82. The summed E-state index contributed by atoms with van der Waals surface area (Å²) in [6.45, 7) is 3.90. The molecule has 1 aliphatic carbocycles. The lowest BCUT2D eigenvalue weighted by atomic mass is 9.97. The highest BCUT2D eigenvalue weighted by atomic mass is 35.5. The van der Waals surface area contributed by atoms with Crippen LogP contribution in [-0.2, 0) is 0 Å². The molecule has 4 heteroatoms. The van der Waals surface area contributed by atoms with E-state index in [9.17, 15) is 0 Å². The molecule has 1 aliphatic heterocycles. The molecule has 21 heavy (non-hydrogen) atoms. The summed E-state index contributed by atoms with van der Waals surface area (Å²) in [5, 5.41) is 0.773. The number of fused-ring (bicyclic) bond motifs is 2. The molecule has 0 saturated carbocycles. The first-order chi connectivity index (χ1) is 9.97. The predicted molar refractivity (Wildman–Crippen MR) is 87.3 cm³/mol. The molecule has 0 N–H and O–H groups in total. The van der Waals surface area contributed by atoms with Crippen LogP contribution in [0.15, 0.2) is 47.4 Å². The molecule has 1 aromatic rings. The summed E-state index contributed by atoms with van der Waals surface area (Å²) in [5.41, 5.74) is 4.11. The lowest BCUT2D eigenvalue weighted by molar-refractivity contribution is -0.394. The molecule has 1 heterocycles. The number of ether oxygens (including phenoxy) is 1.